The predicted molar refractivity (Wildman–Crippen MR) is 105 cm³/mol. The van der Waals surface area contributed by atoms with Crippen molar-refractivity contribution in [3.05, 3.63) is 24.4 Å². The van der Waals surface area contributed by atoms with Crippen molar-refractivity contribution >= 4 is 23.7 Å². The minimum absolute atomic E-state index is 0.434. The Hall–Kier alpha value is -2.48. The Morgan fingerprint density at radius 1 is 1.00 bits per heavy atom. The van der Waals surface area contributed by atoms with Crippen molar-refractivity contribution in [2.45, 2.75) is 38.1 Å². The van der Waals surface area contributed by atoms with Crippen molar-refractivity contribution in [3.63, 3.8) is 0 Å². The van der Waals surface area contributed by atoms with E-state index in [-0.39, 0.29) is 0 Å². The Labute approximate surface area is 154 Å². The summed E-state index contributed by atoms with van der Waals surface area (Å²) in [5, 5.41) is 9.91. The van der Waals surface area contributed by atoms with E-state index in [1.54, 1.807) is 6.20 Å². The molecule has 3 N–H and O–H groups in total. The summed E-state index contributed by atoms with van der Waals surface area (Å²) in [5.41, 5.74) is 0. The third-order valence-corrected chi connectivity index (χ3v) is 4.32. The quantitative estimate of drug-likeness (QED) is 0.665. The number of aromatic nitrogens is 4. The zero-order chi connectivity index (χ0) is 18.2. The summed E-state index contributed by atoms with van der Waals surface area (Å²) in [6.07, 6.45) is 7.90. The standard InChI is InChI=1S/C18H28N8/c1-26(2)13-12-20-16-23-17(21-14-8-4-3-5-9-14)25-18(24-16)22-15-10-6-7-11-19-15/h6-7,10-11,14H,3-5,8-9,12-13H2,1-2H3,(H3,19,20,21,22,23,24,25). The van der Waals surface area contributed by atoms with Gasteiger partial charge in [0.2, 0.25) is 17.8 Å². The zero-order valence-electron chi connectivity index (χ0n) is 15.6. The monoisotopic (exact) mass is 356 g/mol. The van der Waals surface area contributed by atoms with Gasteiger partial charge in [0.05, 0.1) is 0 Å². The van der Waals surface area contributed by atoms with Gasteiger partial charge in [-0.2, -0.15) is 15.0 Å². The predicted octanol–water partition coefficient (Wildman–Crippen LogP) is 2.73. The molecule has 0 aromatic carbocycles. The van der Waals surface area contributed by atoms with Gasteiger partial charge in [0.15, 0.2) is 0 Å². The van der Waals surface area contributed by atoms with Crippen LogP contribution in [0.4, 0.5) is 23.7 Å². The first-order valence-electron chi connectivity index (χ1n) is 9.28. The number of nitrogens with zero attached hydrogens (tertiary/aromatic N) is 5. The van der Waals surface area contributed by atoms with Crippen LogP contribution in [0.3, 0.4) is 0 Å². The zero-order valence-corrected chi connectivity index (χ0v) is 15.6. The molecular formula is C18H28N8. The van der Waals surface area contributed by atoms with Crippen molar-refractivity contribution in [2.24, 2.45) is 0 Å². The summed E-state index contributed by atoms with van der Waals surface area (Å²) in [6, 6.07) is 6.12. The van der Waals surface area contributed by atoms with Gasteiger partial charge in [-0.05, 0) is 39.1 Å². The van der Waals surface area contributed by atoms with Crippen molar-refractivity contribution in [1.29, 1.82) is 0 Å². The van der Waals surface area contributed by atoms with E-state index in [1.807, 2.05) is 32.3 Å². The summed E-state index contributed by atoms with van der Waals surface area (Å²) < 4.78 is 0. The van der Waals surface area contributed by atoms with Crippen molar-refractivity contribution in [3.8, 4) is 0 Å². The number of pyridine rings is 1. The Bertz CT molecular complexity index is 670. The van der Waals surface area contributed by atoms with E-state index < -0.39 is 0 Å². The van der Waals surface area contributed by atoms with E-state index in [9.17, 15) is 0 Å². The maximum Gasteiger partial charge on any atom is 0.234 e. The van der Waals surface area contributed by atoms with Gasteiger partial charge in [0.25, 0.3) is 0 Å². The van der Waals surface area contributed by atoms with Gasteiger partial charge in [-0.15, -0.1) is 0 Å². The summed E-state index contributed by atoms with van der Waals surface area (Å²) >= 11 is 0. The van der Waals surface area contributed by atoms with Crippen LogP contribution in [-0.4, -0.2) is 58.1 Å². The van der Waals surface area contributed by atoms with E-state index in [2.05, 4.69) is 40.8 Å². The van der Waals surface area contributed by atoms with Crippen LogP contribution in [0.1, 0.15) is 32.1 Å². The lowest BCUT2D eigenvalue weighted by atomic mass is 9.96. The Morgan fingerprint density at radius 2 is 1.77 bits per heavy atom. The van der Waals surface area contributed by atoms with Gasteiger partial charge < -0.3 is 20.9 Å². The highest BCUT2D eigenvalue weighted by molar-refractivity contribution is 5.51. The first-order valence-corrected chi connectivity index (χ1v) is 9.28. The number of nitrogens with one attached hydrogen (secondary N) is 3. The van der Waals surface area contributed by atoms with E-state index in [0.717, 1.165) is 25.9 Å². The molecule has 1 saturated carbocycles. The molecule has 1 aliphatic carbocycles. The smallest absolute Gasteiger partial charge is 0.234 e. The largest absolute Gasteiger partial charge is 0.353 e. The van der Waals surface area contributed by atoms with Crippen LogP contribution in [-0.2, 0) is 0 Å². The maximum absolute atomic E-state index is 4.54. The van der Waals surface area contributed by atoms with Gasteiger partial charge in [-0.3, -0.25) is 0 Å². The third-order valence-electron chi connectivity index (χ3n) is 4.32. The lowest BCUT2D eigenvalue weighted by Crippen LogP contribution is -2.25. The second kappa shape index (κ2) is 9.28. The molecule has 1 aliphatic rings. The summed E-state index contributed by atoms with van der Waals surface area (Å²) in [5.74, 6) is 2.38. The Kier molecular flexibility index (Phi) is 6.54. The number of anilines is 4. The number of hydrogen-bond acceptors (Lipinski definition) is 8. The molecule has 1 fully saturated rings. The maximum atomic E-state index is 4.54. The second-order valence-corrected chi connectivity index (χ2v) is 6.86. The van der Waals surface area contributed by atoms with Crippen molar-refractivity contribution in [1.82, 2.24) is 24.8 Å². The molecule has 0 atom stereocenters. The fraction of sp³-hybridized carbons (Fsp3) is 0.556. The molecule has 8 nitrogen and oxygen atoms in total. The molecule has 0 saturated heterocycles. The molecule has 26 heavy (non-hydrogen) atoms. The highest BCUT2D eigenvalue weighted by Gasteiger charge is 2.15. The molecular weight excluding hydrogens is 328 g/mol. The molecule has 0 aliphatic heterocycles. The van der Waals surface area contributed by atoms with Crippen LogP contribution >= 0.6 is 0 Å². The van der Waals surface area contributed by atoms with Gasteiger partial charge >= 0.3 is 0 Å². The highest BCUT2D eigenvalue weighted by atomic mass is 15.3. The normalized spacial score (nSPS) is 15.0. The van der Waals surface area contributed by atoms with Crippen LogP contribution in [0, 0.1) is 0 Å². The van der Waals surface area contributed by atoms with Gasteiger partial charge in [-0.1, -0.05) is 25.3 Å². The minimum atomic E-state index is 0.434. The highest BCUT2D eigenvalue weighted by Crippen LogP contribution is 2.21. The molecule has 3 rings (SSSR count). The fourth-order valence-electron chi connectivity index (χ4n) is 2.95. The molecule has 2 heterocycles. The van der Waals surface area contributed by atoms with Crippen LogP contribution < -0.4 is 16.0 Å². The molecule has 0 radical (unpaired) electrons. The average Bonchev–Trinajstić information content (AvgIpc) is 2.63. The Morgan fingerprint density at radius 3 is 2.50 bits per heavy atom. The van der Waals surface area contributed by atoms with Crippen molar-refractivity contribution < 1.29 is 0 Å². The average molecular weight is 356 g/mol. The van der Waals surface area contributed by atoms with Crippen LogP contribution in [0.5, 0.6) is 0 Å². The summed E-state index contributed by atoms with van der Waals surface area (Å²) in [7, 11) is 4.08. The molecule has 0 bridgehead atoms. The molecule has 8 heteroatoms. The van der Waals surface area contributed by atoms with Crippen LogP contribution in [0.15, 0.2) is 24.4 Å². The minimum Gasteiger partial charge on any atom is -0.353 e. The molecule has 0 amide bonds. The third kappa shape index (κ3) is 5.80. The SMILES string of the molecule is CN(C)CCNc1nc(Nc2ccccn2)nc(NC2CCCCC2)n1. The van der Waals surface area contributed by atoms with E-state index in [1.165, 1.54) is 19.3 Å². The topological polar surface area (TPSA) is 90.9 Å². The van der Waals surface area contributed by atoms with Crippen molar-refractivity contribution in [2.75, 3.05) is 43.1 Å². The van der Waals surface area contributed by atoms with Crippen LogP contribution in [0.25, 0.3) is 0 Å². The Balaban J connectivity index is 1.73. The van der Waals surface area contributed by atoms with Gasteiger partial charge in [-0.25, -0.2) is 4.98 Å². The summed E-state index contributed by atoms with van der Waals surface area (Å²) in [6.45, 7) is 1.67. The molecule has 2 aromatic rings. The van der Waals surface area contributed by atoms with E-state index in [4.69, 9.17) is 0 Å². The number of likely N-dealkylation sites (N-methyl/N-ethyl adjacent to an activating group) is 1. The second-order valence-electron chi connectivity index (χ2n) is 6.86. The fourth-order valence-corrected chi connectivity index (χ4v) is 2.95. The molecule has 2 aromatic heterocycles. The molecule has 0 unspecified atom stereocenters. The van der Waals surface area contributed by atoms with E-state index in [0.29, 0.717) is 29.7 Å². The van der Waals surface area contributed by atoms with E-state index >= 15 is 0 Å². The number of hydrogen-bond donors (Lipinski definition) is 3. The molecule has 140 valence electrons. The van der Waals surface area contributed by atoms with Gasteiger partial charge in [0, 0.05) is 25.3 Å². The van der Waals surface area contributed by atoms with Crippen LogP contribution in [0.2, 0.25) is 0 Å². The number of rotatable bonds is 8. The first-order chi connectivity index (χ1) is 12.7. The van der Waals surface area contributed by atoms with Gasteiger partial charge in [0.1, 0.15) is 5.82 Å². The lowest BCUT2D eigenvalue weighted by Gasteiger charge is -2.23. The lowest BCUT2D eigenvalue weighted by molar-refractivity contribution is 0.425. The first kappa shape index (κ1) is 18.3. The summed E-state index contributed by atoms with van der Waals surface area (Å²) in [4.78, 5) is 19.9. The molecule has 0 spiro atoms.